The molecule has 8 nitrogen and oxygen atoms in total. The van der Waals surface area contributed by atoms with Crippen LogP contribution in [0, 0.1) is 6.92 Å². The van der Waals surface area contributed by atoms with E-state index in [-0.39, 0.29) is 23.6 Å². The third kappa shape index (κ3) is 5.64. The van der Waals surface area contributed by atoms with Crippen LogP contribution >= 0.6 is 11.8 Å². The molecule has 162 valence electrons. The molecule has 1 heterocycles. The Balaban J connectivity index is 1.59. The smallest absolute Gasteiger partial charge is 0.251 e. The van der Waals surface area contributed by atoms with Crippen molar-refractivity contribution in [3.8, 4) is 5.75 Å². The minimum Gasteiger partial charge on any atom is -0.495 e. The molecule has 0 aliphatic rings. The van der Waals surface area contributed by atoms with Crippen LogP contribution in [0.2, 0.25) is 0 Å². The van der Waals surface area contributed by atoms with Crippen molar-refractivity contribution in [2.45, 2.75) is 25.0 Å². The number of carbonyl (C=O) groups excluding carboxylic acids is 2. The van der Waals surface area contributed by atoms with Gasteiger partial charge in [0.25, 0.3) is 5.91 Å². The van der Waals surface area contributed by atoms with Crippen LogP contribution in [-0.2, 0) is 11.8 Å². The predicted molar refractivity (Wildman–Crippen MR) is 120 cm³/mol. The average Bonchev–Trinajstić information content (AvgIpc) is 3.13. The first-order valence-electron chi connectivity index (χ1n) is 9.71. The second kappa shape index (κ2) is 10.1. The molecule has 0 bridgehead atoms. The van der Waals surface area contributed by atoms with Crippen LogP contribution in [0.15, 0.2) is 53.7 Å². The number of aryl methyl sites for hydroxylation is 1. The summed E-state index contributed by atoms with van der Waals surface area (Å²) in [6.45, 7) is 3.79. The molecule has 0 aliphatic carbocycles. The summed E-state index contributed by atoms with van der Waals surface area (Å²) in [7, 11) is 3.37. The van der Waals surface area contributed by atoms with Gasteiger partial charge in [-0.25, -0.2) is 0 Å². The quantitative estimate of drug-likeness (QED) is 0.523. The highest BCUT2D eigenvalue weighted by Crippen LogP contribution is 2.26. The number of carbonyl (C=O) groups is 2. The molecule has 0 radical (unpaired) electrons. The number of amides is 2. The van der Waals surface area contributed by atoms with Gasteiger partial charge in [0.2, 0.25) is 5.91 Å². The average molecular weight is 440 g/mol. The molecule has 0 saturated carbocycles. The SMILES string of the molecule is COc1ccc(C)cc1NC(=O)CSc1nnc([C@H](C)NC(=O)c2ccccc2)n1C. The van der Waals surface area contributed by atoms with Crippen LogP contribution in [0.1, 0.15) is 34.7 Å². The minimum atomic E-state index is -0.343. The van der Waals surface area contributed by atoms with Gasteiger partial charge in [-0.2, -0.15) is 0 Å². The third-order valence-electron chi connectivity index (χ3n) is 4.60. The standard InChI is InChI=1S/C22H25N5O3S/c1-14-10-11-18(30-4)17(12-14)24-19(28)13-31-22-26-25-20(27(22)3)15(2)23-21(29)16-8-6-5-7-9-16/h5-12,15H,13H2,1-4H3,(H,23,29)(H,24,28)/t15-/m0/s1. The van der Waals surface area contributed by atoms with Gasteiger partial charge in [0, 0.05) is 12.6 Å². The zero-order valence-electron chi connectivity index (χ0n) is 17.9. The lowest BCUT2D eigenvalue weighted by Crippen LogP contribution is -2.28. The van der Waals surface area contributed by atoms with Crippen LogP contribution in [0.4, 0.5) is 5.69 Å². The highest BCUT2D eigenvalue weighted by atomic mass is 32.2. The summed E-state index contributed by atoms with van der Waals surface area (Å²) in [6, 6.07) is 14.2. The molecule has 3 rings (SSSR count). The maximum Gasteiger partial charge on any atom is 0.251 e. The summed E-state index contributed by atoms with van der Waals surface area (Å²) in [5, 5.41) is 14.7. The first kappa shape index (κ1) is 22.4. The maximum atomic E-state index is 12.4. The Kier molecular flexibility index (Phi) is 7.30. The summed E-state index contributed by atoms with van der Waals surface area (Å²) in [5.41, 5.74) is 2.23. The van der Waals surface area contributed by atoms with E-state index in [1.807, 2.05) is 57.3 Å². The van der Waals surface area contributed by atoms with Crippen molar-refractivity contribution in [1.29, 1.82) is 0 Å². The fourth-order valence-corrected chi connectivity index (χ4v) is 3.72. The molecule has 0 unspecified atom stereocenters. The monoisotopic (exact) mass is 439 g/mol. The zero-order chi connectivity index (χ0) is 22.4. The number of nitrogens with zero attached hydrogens (tertiary/aromatic N) is 3. The van der Waals surface area contributed by atoms with Gasteiger partial charge in [0.05, 0.1) is 24.6 Å². The van der Waals surface area contributed by atoms with Crippen LogP contribution in [0.25, 0.3) is 0 Å². The molecule has 1 atom stereocenters. The molecule has 2 N–H and O–H groups in total. The molecule has 0 saturated heterocycles. The largest absolute Gasteiger partial charge is 0.495 e. The number of aromatic nitrogens is 3. The van der Waals surface area contributed by atoms with Gasteiger partial charge in [0.1, 0.15) is 5.75 Å². The van der Waals surface area contributed by atoms with Crippen LogP contribution in [-0.4, -0.2) is 39.4 Å². The van der Waals surface area contributed by atoms with E-state index >= 15 is 0 Å². The number of hydrogen-bond donors (Lipinski definition) is 2. The van der Waals surface area contributed by atoms with Crippen LogP contribution in [0.5, 0.6) is 5.75 Å². The van der Waals surface area contributed by atoms with Crippen LogP contribution in [0.3, 0.4) is 0 Å². The van der Waals surface area contributed by atoms with E-state index in [2.05, 4.69) is 20.8 Å². The summed E-state index contributed by atoms with van der Waals surface area (Å²) < 4.78 is 7.07. The normalized spacial score (nSPS) is 11.6. The lowest BCUT2D eigenvalue weighted by atomic mass is 10.2. The molecule has 3 aromatic rings. The topological polar surface area (TPSA) is 98.1 Å². The molecule has 2 aromatic carbocycles. The molecule has 9 heteroatoms. The molecule has 0 spiro atoms. The molecular weight excluding hydrogens is 414 g/mol. The third-order valence-corrected chi connectivity index (χ3v) is 5.62. The second-order valence-corrected chi connectivity index (χ2v) is 7.94. The Morgan fingerprint density at radius 3 is 2.61 bits per heavy atom. The Hall–Kier alpha value is -3.33. The Morgan fingerprint density at radius 2 is 1.90 bits per heavy atom. The minimum absolute atomic E-state index is 0.161. The number of rotatable bonds is 8. The van der Waals surface area contributed by atoms with Gasteiger partial charge >= 0.3 is 0 Å². The number of nitrogens with one attached hydrogen (secondary N) is 2. The van der Waals surface area contributed by atoms with Crippen molar-refractivity contribution < 1.29 is 14.3 Å². The first-order chi connectivity index (χ1) is 14.9. The fraction of sp³-hybridized carbons (Fsp3) is 0.273. The number of anilines is 1. The highest BCUT2D eigenvalue weighted by molar-refractivity contribution is 7.99. The van der Waals surface area contributed by atoms with Gasteiger partial charge in [-0.3, -0.25) is 9.59 Å². The van der Waals surface area contributed by atoms with Gasteiger partial charge in [-0.05, 0) is 43.7 Å². The summed E-state index contributed by atoms with van der Waals surface area (Å²) in [6.07, 6.45) is 0. The van der Waals surface area contributed by atoms with Crippen LogP contribution < -0.4 is 15.4 Å². The van der Waals surface area contributed by atoms with Crippen molar-refractivity contribution in [3.05, 3.63) is 65.5 Å². The number of hydrogen-bond acceptors (Lipinski definition) is 6. The molecule has 0 aliphatic heterocycles. The summed E-state index contributed by atoms with van der Waals surface area (Å²) in [5.74, 6) is 1.01. The summed E-state index contributed by atoms with van der Waals surface area (Å²) in [4.78, 5) is 24.8. The molecular formula is C22H25N5O3S. The molecule has 1 aromatic heterocycles. The number of benzene rings is 2. The van der Waals surface area contributed by atoms with E-state index in [1.54, 1.807) is 23.8 Å². The number of methoxy groups -OCH3 is 1. The molecule has 2 amide bonds. The number of ether oxygens (including phenoxy) is 1. The van der Waals surface area contributed by atoms with E-state index in [4.69, 9.17) is 4.74 Å². The Bertz CT molecular complexity index is 1070. The van der Waals surface area contributed by atoms with Crippen molar-refractivity contribution >= 4 is 29.3 Å². The van der Waals surface area contributed by atoms with Crippen molar-refractivity contribution in [2.75, 3.05) is 18.2 Å². The highest BCUT2D eigenvalue weighted by Gasteiger charge is 2.19. The lowest BCUT2D eigenvalue weighted by Gasteiger charge is -2.13. The zero-order valence-corrected chi connectivity index (χ0v) is 18.7. The number of thioether (sulfide) groups is 1. The molecule has 31 heavy (non-hydrogen) atoms. The molecule has 0 fully saturated rings. The fourth-order valence-electron chi connectivity index (χ4n) is 3.00. The Labute approximate surface area is 185 Å². The van der Waals surface area contributed by atoms with E-state index in [1.165, 1.54) is 11.8 Å². The Morgan fingerprint density at radius 1 is 1.16 bits per heavy atom. The van der Waals surface area contributed by atoms with E-state index in [0.29, 0.717) is 28.0 Å². The van der Waals surface area contributed by atoms with Crippen molar-refractivity contribution in [3.63, 3.8) is 0 Å². The van der Waals surface area contributed by atoms with E-state index in [9.17, 15) is 9.59 Å². The van der Waals surface area contributed by atoms with Crippen molar-refractivity contribution in [1.82, 2.24) is 20.1 Å². The van der Waals surface area contributed by atoms with E-state index in [0.717, 1.165) is 5.56 Å². The van der Waals surface area contributed by atoms with Crippen molar-refractivity contribution in [2.24, 2.45) is 7.05 Å². The van der Waals surface area contributed by atoms with E-state index < -0.39 is 0 Å². The lowest BCUT2D eigenvalue weighted by molar-refractivity contribution is -0.113. The predicted octanol–water partition coefficient (Wildman–Crippen LogP) is 3.35. The van der Waals surface area contributed by atoms with Gasteiger partial charge in [-0.15, -0.1) is 10.2 Å². The van der Waals surface area contributed by atoms with Gasteiger partial charge < -0.3 is 19.9 Å². The second-order valence-electron chi connectivity index (χ2n) is 7.00. The van der Waals surface area contributed by atoms with Gasteiger partial charge in [0.15, 0.2) is 11.0 Å². The summed E-state index contributed by atoms with van der Waals surface area (Å²) >= 11 is 1.27. The van der Waals surface area contributed by atoms with Gasteiger partial charge in [-0.1, -0.05) is 36.0 Å². The first-order valence-corrected chi connectivity index (χ1v) is 10.7. The maximum absolute atomic E-state index is 12.4.